The number of rotatable bonds is 5. The molecule has 0 spiro atoms. The fourth-order valence-electron chi connectivity index (χ4n) is 5.41. The van der Waals surface area contributed by atoms with Crippen LogP contribution < -0.4 is 10.9 Å². The average Bonchev–Trinajstić information content (AvgIpc) is 3.24. The van der Waals surface area contributed by atoms with Gasteiger partial charge in [-0.3, -0.25) is 9.59 Å². The van der Waals surface area contributed by atoms with Gasteiger partial charge in [-0.2, -0.15) is 0 Å². The lowest BCUT2D eigenvalue weighted by Gasteiger charge is -2.34. The number of nitrogens with one attached hydrogen (secondary N) is 1. The summed E-state index contributed by atoms with van der Waals surface area (Å²) < 4.78 is 7.55. The van der Waals surface area contributed by atoms with Gasteiger partial charge in [-0.1, -0.05) is 32.1 Å². The highest BCUT2D eigenvalue weighted by molar-refractivity contribution is 5.97. The van der Waals surface area contributed by atoms with Crippen molar-refractivity contribution in [3.63, 3.8) is 0 Å². The first-order chi connectivity index (χ1) is 15.0. The monoisotopic (exact) mass is 430 g/mol. The zero-order valence-corrected chi connectivity index (χ0v) is 18.3. The fraction of sp³-hybridized carbons (Fsp3) is 0.708. The molecule has 1 saturated heterocycles. The van der Waals surface area contributed by atoms with Crippen LogP contribution in [-0.2, 0) is 28.9 Å². The molecule has 2 aliphatic carbocycles. The Bertz CT molecular complexity index is 879. The van der Waals surface area contributed by atoms with Crippen molar-refractivity contribution in [1.29, 1.82) is 0 Å². The van der Waals surface area contributed by atoms with E-state index in [0.29, 0.717) is 26.0 Å². The van der Waals surface area contributed by atoms with Crippen LogP contribution in [0.25, 0.3) is 0 Å². The van der Waals surface area contributed by atoms with Gasteiger partial charge >= 0.3 is 5.97 Å². The number of pyridine rings is 1. The molecule has 0 radical (unpaired) electrons. The SMILES string of the molecule is O=C(NC1(C(=O)O)CCCCC1)c1cc2c(n(CC3CCCO3)c1=O)CCCCCC2. The number of aliphatic carboxylic acids is 1. The summed E-state index contributed by atoms with van der Waals surface area (Å²) in [5.74, 6) is -1.56. The Kier molecular flexibility index (Phi) is 6.80. The van der Waals surface area contributed by atoms with Crippen molar-refractivity contribution in [2.24, 2.45) is 0 Å². The van der Waals surface area contributed by atoms with Gasteiger partial charge in [0.1, 0.15) is 11.1 Å². The minimum absolute atomic E-state index is 0.00532. The van der Waals surface area contributed by atoms with Gasteiger partial charge in [-0.15, -0.1) is 0 Å². The van der Waals surface area contributed by atoms with Gasteiger partial charge in [-0.05, 0) is 63.0 Å². The summed E-state index contributed by atoms with van der Waals surface area (Å²) in [4.78, 5) is 38.8. The lowest BCUT2D eigenvalue weighted by Crippen LogP contribution is -2.56. The lowest BCUT2D eigenvalue weighted by molar-refractivity contribution is -0.145. The predicted octanol–water partition coefficient (Wildman–Crippen LogP) is 3.20. The Hall–Kier alpha value is -2.15. The Morgan fingerprint density at radius 2 is 1.77 bits per heavy atom. The van der Waals surface area contributed by atoms with Gasteiger partial charge in [0.2, 0.25) is 0 Å². The van der Waals surface area contributed by atoms with Gasteiger partial charge in [0, 0.05) is 12.3 Å². The van der Waals surface area contributed by atoms with Crippen molar-refractivity contribution < 1.29 is 19.4 Å². The maximum Gasteiger partial charge on any atom is 0.329 e. The number of hydrogen-bond acceptors (Lipinski definition) is 4. The first-order valence-electron chi connectivity index (χ1n) is 11.9. The van der Waals surface area contributed by atoms with Gasteiger partial charge < -0.3 is 19.7 Å². The van der Waals surface area contributed by atoms with Crippen molar-refractivity contribution in [2.75, 3.05) is 6.61 Å². The molecule has 4 rings (SSSR count). The third-order valence-corrected chi connectivity index (χ3v) is 7.22. The molecule has 1 aliphatic heterocycles. The topological polar surface area (TPSA) is 97.6 Å². The largest absolute Gasteiger partial charge is 0.480 e. The van der Waals surface area contributed by atoms with Crippen molar-refractivity contribution in [3.8, 4) is 0 Å². The van der Waals surface area contributed by atoms with E-state index in [9.17, 15) is 19.5 Å². The van der Waals surface area contributed by atoms with Crippen LogP contribution in [0.1, 0.15) is 92.2 Å². The molecular weight excluding hydrogens is 396 g/mol. The highest BCUT2D eigenvalue weighted by Crippen LogP contribution is 2.29. The number of fused-ring (bicyclic) bond motifs is 1. The van der Waals surface area contributed by atoms with Crippen LogP contribution >= 0.6 is 0 Å². The highest BCUT2D eigenvalue weighted by atomic mass is 16.5. The average molecular weight is 431 g/mol. The number of aromatic nitrogens is 1. The van der Waals surface area contributed by atoms with Crippen molar-refractivity contribution in [2.45, 2.75) is 102 Å². The number of carboxylic acid groups (broad SMARTS) is 1. The molecule has 170 valence electrons. The van der Waals surface area contributed by atoms with Crippen molar-refractivity contribution in [1.82, 2.24) is 9.88 Å². The maximum absolute atomic E-state index is 13.5. The summed E-state index contributed by atoms with van der Waals surface area (Å²) in [6, 6.07) is 1.74. The van der Waals surface area contributed by atoms with E-state index in [1.54, 1.807) is 10.6 Å². The van der Waals surface area contributed by atoms with Crippen LogP contribution in [0.5, 0.6) is 0 Å². The summed E-state index contributed by atoms with van der Waals surface area (Å²) in [5, 5.41) is 12.6. The second kappa shape index (κ2) is 9.55. The molecule has 1 unspecified atom stereocenters. The molecule has 1 aromatic heterocycles. The van der Waals surface area contributed by atoms with E-state index in [1.807, 2.05) is 0 Å². The van der Waals surface area contributed by atoms with Crippen LogP contribution in [0, 0.1) is 0 Å². The third kappa shape index (κ3) is 4.71. The Labute approximate surface area is 183 Å². The van der Waals surface area contributed by atoms with Crippen molar-refractivity contribution in [3.05, 3.63) is 33.2 Å². The van der Waals surface area contributed by atoms with Crippen LogP contribution in [-0.4, -0.2) is 39.8 Å². The summed E-state index contributed by atoms with van der Waals surface area (Å²) in [7, 11) is 0. The van der Waals surface area contributed by atoms with E-state index in [1.165, 1.54) is 0 Å². The zero-order chi connectivity index (χ0) is 21.8. The second-order valence-corrected chi connectivity index (χ2v) is 9.40. The van der Waals surface area contributed by atoms with Gasteiger partial charge in [-0.25, -0.2) is 4.79 Å². The van der Waals surface area contributed by atoms with Crippen LogP contribution in [0.2, 0.25) is 0 Å². The molecule has 0 aromatic carbocycles. The number of aryl methyl sites for hydroxylation is 1. The highest BCUT2D eigenvalue weighted by Gasteiger charge is 2.41. The van der Waals surface area contributed by atoms with E-state index >= 15 is 0 Å². The summed E-state index contributed by atoms with van der Waals surface area (Å²) in [5.41, 5.74) is 0.566. The number of nitrogens with zero attached hydrogens (tertiary/aromatic N) is 1. The quantitative estimate of drug-likeness (QED) is 0.748. The standard InChI is InChI=1S/C24H34N2O5/c27-21(25-24(23(29)30)12-6-3-7-13-24)19-15-17-9-4-1-2-5-11-20(17)26(22(19)28)16-18-10-8-14-31-18/h15,18H,1-14,16H2,(H,25,27)(H,29,30). The molecule has 0 bridgehead atoms. The second-order valence-electron chi connectivity index (χ2n) is 9.40. The van der Waals surface area contributed by atoms with Gasteiger partial charge in [0.25, 0.3) is 11.5 Å². The molecule has 2 heterocycles. The molecule has 7 heteroatoms. The molecule has 1 atom stereocenters. The molecule has 1 saturated carbocycles. The molecule has 2 N–H and O–H groups in total. The summed E-state index contributed by atoms with van der Waals surface area (Å²) in [6.07, 6.45) is 11.2. The predicted molar refractivity (Wildman–Crippen MR) is 116 cm³/mol. The van der Waals surface area contributed by atoms with E-state index in [4.69, 9.17) is 4.74 Å². The fourth-order valence-corrected chi connectivity index (χ4v) is 5.41. The number of amides is 1. The minimum Gasteiger partial charge on any atom is -0.480 e. The Balaban J connectivity index is 1.70. The summed E-state index contributed by atoms with van der Waals surface area (Å²) >= 11 is 0. The normalized spacial score (nSPS) is 23.4. The smallest absolute Gasteiger partial charge is 0.329 e. The van der Waals surface area contributed by atoms with Crippen LogP contribution in [0.3, 0.4) is 0 Å². The Morgan fingerprint density at radius 1 is 1.06 bits per heavy atom. The molecule has 7 nitrogen and oxygen atoms in total. The van der Waals surface area contributed by atoms with Crippen LogP contribution in [0.15, 0.2) is 10.9 Å². The van der Waals surface area contributed by atoms with E-state index in [0.717, 1.165) is 81.9 Å². The summed E-state index contributed by atoms with van der Waals surface area (Å²) in [6.45, 7) is 1.18. The number of carbonyl (C=O) groups is 2. The minimum atomic E-state index is -1.27. The lowest BCUT2D eigenvalue weighted by atomic mass is 9.81. The molecule has 2 fully saturated rings. The third-order valence-electron chi connectivity index (χ3n) is 7.22. The molecule has 1 amide bonds. The molecular formula is C24H34N2O5. The van der Waals surface area contributed by atoms with E-state index in [-0.39, 0.29) is 17.2 Å². The molecule has 1 aromatic rings. The van der Waals surface area contributed by atoms with Crippen molar-refractivity contribution >= 4 is 11.9 Å². The first kappa shape index (κ1) is 22.1. The number of hydrogen-bond donors (Lipinski definition) is 2. The van der Waals surface area contributed by atoms with E-state index in [2.05, 4.69) is 5.32 Å². The maximum atomic E-state index is 13.5. The molecule has 31 heavy (non-hydrogen) atoms. The number of carbonyl (C=O) groups excluding carboxylic acids is 1. The zero-order valence-electron chi connectivity index (χ0n) is 18.3. The van der Waals surface area contributed by atoms with E-state index < -0.39 is 17.4 Å². The Morgan fingerprint density at radius 3 is 2.45 bits per heavy atom. The van der Waals surface area contributed by atoms with Gasteiger partial charge in [0.15, 0.2) is 0 Å². The number of ether oxygens (including phenoxy) is 1. The van der Waals surface area contributed by atoms with Crippen LogP contribution in [0.4, 0.5) is 0 Å². The number of carboxylic acids is 1. The first-order valence-corrected chi connectivity index (χ1v) is 11.9. The molecule has 3 aliphatic rings. The van der Waals surface area contributed by atoms with Gasteiger partial charge in [0.05, 0.1) is 12.6 Å².